The topological polar surface area (TPSA) is 228 Å². The van der Waals surface area contributed by atoms with E-state index >= 15 is 0 Å². The number of carboxylic acids is 1. The fraction of sp³-hybridized carbons (Fsp3) is 0.480. The minimum Gasteiger partial charge on any atom is -0.477 e. The van der Waals surface area contributed by atoms with Crippen molar-refractivity contribution in [3.05, 3.63) is 35.5 Å². The molecule has 0 radical (unpaired) electrons. The number of carbonyl (C=O) groups is 4. The summed E-state index contributed by atoms with van der Waals surface area (Å²) in [5.74, 6) is -2.11. The molecule has 2 aliphatic heterocycles. The van der Waals surface area contributed by atoms with Gasteiger partial charge in [0.05, 0.1) is 12.7 Å². The molecule has 3 amide bonds. The normalized spacial score (nSPS) is 18.6. The van der Waals surface area contributed by atoms with Gasteiger partial charge < -0.3 is 35.3 Å². The van der Waals surface area contributed by atoms with Crippen molar-refractivity contribution in [2.24, 2.45) is 5.16 Å². The maximum absolute atomic E-state index is 13.3. The minimum absolute atomic E-state index is 0.0903. The quantitative estimate of drug-likeness (QED) is 0.0956. The predicted molar refractivity (Wildman–Crippen MR) is 150 cm³/mol. The molecule has 2 atom stereocenters. The molecule has 0 unspecified atom stereocenters. The molecule has 4 rings (SSSR count). The fourth-order valence-electron chi connectivity index (χ4n) is 4.34. The number of hydrogen-bond acceptors (Lipinski definition) is 12. The van der Waals surface area contributed by atoms with Crippen LogP contribution >= 0.6 is 11.8 Å². The standard InChI is InChI=1S/C25H32N8O9S/c1-5-41-30-16(14-11-40-23(27-14)29-24(39)42-25(2,3)4)19(35)28-17-20(36)33-18(22(37)38)13(12-43-21(17)33)10-31-7-6-15(26)32(31)8-9-34/h6-7,11,17,21,26,34H,5,8-10,12H2,1-4H3,(H3,27,28,29,35,37,38,39)/p+1/t17-,21-/m1/s1. The van der Waals surface area contributed by atoms with Crippen LogP contribution in [0.25, 0.3) is 0 Å². The molecule has 0 spiro atoms. The highest BCUT2D eigenvalue weighted by Crippen LogP contribution is 2.40. The largest absolute Gasteiger partial charge is 0.477 e. The highest BCUT2D eigenvalue weighted by Gasteiger charge is 2.55. The summed E-state index contributed by atoms with van der Waals surface area (Å²) in [5, 5.41) is 27.4. The molecule has 17 nitrogen and oxygen atoms in total. The molecule has 4 heterocycles. The van der Waals surface area contributed by atoms with Crippen molar-refractivity contribution in [2.75, 3.05) is 30.0 Å². The first-order chi connectivity index (χ1) is 20.3. The zero-order chi connectivity index (χ0) is 31.5. The number of carbonyl (C=O) groups excluding carboxylic acids is 3. The number of aliphatic hydroxyl groups is 1. The zero-order valence-corrected chi connectivity index (χ0v) is 24.7. The van der Waals surface area contributed by atoms with Crippen LogP contribution in [0, 0.1) is 0 Å². The van der Waals surface area contributed by atoms with Crippen LogP contribution in [-0.4, -0.2) is 90.4 Å². The number of hydrogen-bond donors (Lipinski definition) is 5. The molecule has 1 saturated heterocycles. The van der Waals surface area contributed by atoms with E-state index in [9.17, 15) is 29.4 Å². The Kier molecular flexibility index (Phi) is 9.29. The van der Waals surface area contributed by atoms with Gasteiger partial charge in [0, 0.05) is 11.3 Å². The molecule has 2 aromatic heterocycles. The van der Waals surface area contributed by atoms with E-state index in [1.54, 1.807) is 49.3 Å². The molecule has 18 heteroatoms. The van der Waals surface area contributed by atoms with Gasteiger partial charge in [-0.15, -0.1) is 21.1 Å². The first-order valence-electron chi connectivity index (χ1n) is 13.2. The minimum atomic E-state index is -1.29. The summed E-state index contributed by atoms with van der Waals surface area (Å²) in [5.41, 5.74) is 5.04. The maximum atomic E-state index is 13.3. The van der Waals surface area contributed by atoms with E-state index in [-0.39, 0.29) is 55.2 Å². The summed E-state index contributed by atoms with van der Waals surface area (Å²) in [6.07, 6.45) is 1.91. The molecule has 6 N–H and O–H groups in total. The van der Waals surface area contributed by atoms with Crippen LogP contribution in [-0.2, 0) is 37.0 Å². The van der Waals surface area contributed by atoms with E-state index in [0.29, 0.717) is 11.4 Å². The average Bonchev–Trinajstić information content (AvgIpc) is 3.52. The molecule has 0 bridgehead atoms. The third-order valence-electron chi connectivity index (χ3n) is 6.08. The lowest BCUT2D eigenvalue weighted by atomic mass is 10.0. The summed E-state index contributed by atoms with van der Waals surface area (Å²) in [7, 11) is 0. The molecule has 2 aromatic rings. The van der Waals surface area contributed by atoms with Gasteiger partial charge >= 0.3 is 18.1 Å². The third kappa shape index (κ3) is 6.91. The molecular weight excluding hydrogens is 588 g/mol. The number of β-lactam (4-membered cyclic amide) rings is 1. The molecular formula is C25H33N8O9S+. The van der Waals surface area contributed by atoms with Crippen molar-refractivity contribution in [2.45, 2.75) is 57.8 Å². The van der Waals surface area contributed by atoms with E-state index in [1.165, 1.54) is 11.8 Å². The number of ether oxygens (including phenoxy) is 1. The fourth-order valence-corrected chi connectivity index (χ4v) is 5.68. The van der Waals surface area contributed by atoms with E-state index in [4.69, 9.17) is 19.7 Å². The SMILES string of the molecule is CCON=C(C(=O)N[C@@H]1C(=O)N2C(C(=O)O)=C(C[n+]3ccc(N)n3CCO)CS[C@H]12)c1coc(NC(=O)OC(C)(C)C)n1. The number of nitrogens with one attached hydrogen (secondary N) is 2. The van der Waals surface area contributed by atoms with Crippen molar-refractivity contribution >= 4 is 53.2 Å². The van der Waals surface area contributed by atoms with E-state index in [2.05, 4.69) is 20.8 Å². The number of nitrogens with two attached hydrogens (primary N) is 1. The van der Waals surface area contributed by atoms with Gasteiger partial charge in [-0.25, -0.2) is 14.9 Å². The van der Waals surface area contributed by atoms with E-state index in [1.807, 2.05) is 0 Å². The van der Waals surface area contributed by atoms with Crippen LogP contribution in [0.2, 0.25) is 0 Å². The van der Waals surface area contributed by atoms with Crippen LogP contribution in [0.15, 0.2) is 39.4 Å². The molecule has 232 valence electrons. The van der Waals surface area contributed by atoms with Crippen LogP contribution in [0.3, 0.4) is 0 Å². The molecule has 43 heavy (non-hydrogen) atoms. The number of nitrogen functional groups attached to an aromatic ring is 1. The number of aliphatic carboxylic acids is 1. The Balaban J connectivity index is 1.50. The van der Waals surface area contributed by atoms with Crippen molar-refractivity contribution < 1.29 is 48.1 Å². The van der Waals surface area contributed by atoms with Crippen molar-refractivity contribution in [1.29, 1.82) is 0 Å². The number of thioether (sulfide) groups is 1. The Labute approximate surface area is 249 Å². The molecule has 2 aliphatic rings. The first-order valence-corrected chi connectivity index (χ1v) is 14.2. The van der Waals surface area contributed by atoms with Gasteiger partial charge in [0.25, 0.3) is 11.8 Å². The lowest BCUT2D eigenvalue weighted by Crippen LogP contribution is -2.71. The Bertz CT molecular complexity index is 1470. The second-order valence-electron chi connectivity index (χ2n) is 10.3. The lowest BCUT2D eigenvalue weighted by Gasteiger charge is -2.49. The number of rotatable bonds is 11. The van der Waals surface area contributed by atoms with Gasteiger partial charge in [-0.2, -0.15) is 4.98 Å². The number of anilines is 2. The van der Waals surface area contributed by atoms with Gasteiger partial charge in [-0.1, -0.05) is 5.16 Å². The average molecular weight is 622 g/mol. The second kappa shape index (κ2) is 12.7. The van der Waals surface area contributed by atoms with Crippen molar-refractivity contribution in [3.63, 3.8) is 0 Å². The number of nitrogens with zero attached hydrogens (tertiary/aromatic N) is 5. The summed E-state index contributed by atoms with van der Waals surface area (Å²) >= 11 is 1.28. The van der Waals surface area contributed by atoms with Gasteiger partial charge in [-0.3, -0.25) is 14.5 Å². The number of oxime groups is 1. The van der Waals surface area contributed by atoms with Gasteiger partial charge in [0.15, 0.2) is 24.3 Å². The Morgan fingerprint density at radius 1 is 1.35 bits per heavy atom. The smallest absolute Gasteiger partial charge is 0.415 e. The Hall–Kier alpha value is -4.58. The maximum Gasteiger partial charge on any atom is 0.415 e. The lowest BCUT2D eigenvalue weighted by molar-refractivity contribution is -0.767. The summed E-state index contributed by atoms with van der Waals surface area (Å²) < 4.78 is 13.6. The molecule has 0 saturated carbocycles. The predicted octanol–water partition coefficient (Wildman–Crippen LogP) is -0.135. The molecule has 1 fully saturated rings. The first kappa shape index (κ1) is 31.4. The summed E-state index contributed by atoms with van der Waals surface area (Å²) in [6, 6.07) is 0.305. The van der Waals surface area contributed by atoms with Gasteiger partial charge in [0.2, 0.25) is 0 Å². The second-order valence-corrected chi connectivity index (χ2v) is 11.4. The number of amides is 3. The number of aliphatic hydroxyl groups excluding tert-OH is 1. The zero-order valence-electron chi connectivity index (χ0n) is 23.9. The van der Waals surface area contributed by atoms with Crippen LogP contribution in [0.1, 0.15) is 33.4 Å². The van der Waals surface area contributed by atoms with Crippen molar-refractivity contribution in [3.8, 4) is 0 Å². The van der Waals surface area contributed by atoms with Crippen molar-refractivity contribution in [1.82, 2.24) is 19.9 Å². The van der Waals surface area contributed by atoms with E-state index < -0.39 is 40.9 Å². The number of aromatic nitrogens is 3. The molecule has 0 aromatic carbocycles. The van der Waals surface area contributed by atoms with Crippen LogP contribution in [0.5, 0.6) is 0 Å². The third-order valence-corrected chi connectivity index (χ3v) is 7.42. The summed E-state index contributed by atoms with van der Waals surface area (Å²) in [6.45, 7) is 6.97. The Morgan fingerprint density at radius 3 is 2.74 bits per heavy atom. The highest BCUT2D eigenvalue weighted by atomic mass is 32.2. The van der Waals surface area contributed by atoms with Crippen LogP contribution in [0.4, 0.5) is 16.6 Å². The molecule has 0 aliphatic carbocycles. The van der Waals surface area contributed by atoms with Gasteiger partial charge in [0.1, 0.15) is 47.8 Å². The summed E-state index contributed by atoms with van der Waals surface area (Å²) in [4.78, 5) is 61.0. The van der Waals surface area contributed by atoms with E-state index in [0.717, 1.165) is 11.2 Å². The number of carboxylic acid groups (broad SMARTS) is 1. The number of fused-ring (bicyclic) bond motifs is 1. The Morgan fingerprint density at radius 2 is 2.09 bits per heavy atom. The van der Waals surface area contributed by atoms with Crippen LogP contribution < -0.4 is 21.0 Å². The van der Waals surface area contributed by atoms with Gasteiger partial charge in [-0.05, 0) is 27.7 Å². The highest BCUT2D eigenvalue weighted by molar-refractivity contribution is 8.00. The monoisotopic (exact) mass is 621 g/mol. The number of oxazole rings is 1.